The lowest BCUT2D eigenvalue weighted by Gasteiger charge is -2.06. The Balaban J connectivity index is 1.30. The summed E-state index contributed by atoms with van der Waals surface area (Å²) in [5, 5.41) is 14.1. The molecule has 0 atom stereocenters. The fraction of sp³-hybridized carbons (Fsp3) is 0.235. The summed E-state index contributed by atoms with van der Waals surface area (Å²) in [6.45, 7) is 0.217. The highest BCUT2D eigenvalue weighted by atomic mass is 32.2. The van der Waals surface area contributed by atoms with Crippen LogP contribution in [0.15, 0.2) is 40.9 Å². The lowest BCUT2D eigenvalue weighted by Crippen LogP contribution is -2.12. The standard InChI is InChI=1S/C17H16N4O3S2/c1-21-16(14-3-2-7-25-14)19-20-17(21)26-8-6-15(22)18-11-4-5-12-13(9-11)24-10-23-12/h2-5,7,9H,6,8,10H2,1H3,(H,18,22). The number of amides is 1. The first-order chi connectivity index (χ1) is 12.7. The van der Waals surface area contributed by atoms with Crippen molar-refractivity contribution in [2.24, 2.45) is 7.05 Å². The van der Waals surface area contributed by atoms with Crippen LogP contribution in [0.3, 0.4) is 0 Å². The fourth-order valence-corrected chi connectivity index (χ4v) is 4.09. The van der Waals surface area contributed by atoms with Crippen molar-refractivity contribution in [1.82, 2.24) is 14.8 Å². The van der Waals surface area contributed by atoms with Crippen molar-refractivity contribution in [2.45, 2.75) is 11.6 Å². The van der Waals surface area contributed by atoms with E-state index >= 15 is 0 Å². The molecule has 1 aliphatic rings. The number of anilines is 1. The van der Waals surface area contributed by atoms with Gasteiger partial charge in [-0.3, -0.25) is 4.79 Å². The summed E-state index contributed by atoms with van der Waals surface area (Å²) in [6.07, 6.45) is 0.375. The number of hydrogen-bond donors (Lipinski definition) is 1. The maximum Gasteiger partial charge on any atom is 0.231 e. The number of carbonyl (C=O) groups is 1. The van der Waals surface area contributed by atoms with Crippen molar-refractivity contribution in [3.63, 3.8) is 0 Å². The Morgan fingerprint density at radius 2 is 2.19 bits per heavy atom. The van der Waals surface area contributed by atoms with Crippen molar-refractivity contribution in [1.29, 1.82) is 0 Å². The molecule has 9 heteroatoms. The largest absolute Gasteiger partial charge is 0.454 e. The number of aromatic nitrogens is 3. The van der Waals surface area contributed by atoms with E-state index in [4.69, 9.17) is 9.47 Å². The Kier molecular flexibility index (Phi) is 4.81. The van der Waals surface area contributed by atoms with Gasteiger partial charge in [0, 0.05) is 31.0 Å². The lowest BCUT2D eigenvalue weighted by atomic mass is 10.2. The Morgan fingerprint density at radius 3 is 3.04 bits per heavy atom. The average molecular weight is 388 g/mol. The minimum Gasteiger partial charge on any atom is -0.454 e. The van der Waals surface area contributed by atoms with E-state index in [1.165, 1.54) is 11.8 Å². The van der Waals surface area contributed by atoms with Crippen LogP contribution in [0.1, 0.15) is 6.42 Å². The third kappa shape index (κ3) is 3.54. The van der Waals surface area contributed by atoms with E-state index in [1.54, 1.807) is 29.5 Å². The van der Waals surface area contributed by atoms with Gasteiger partial charge in [-0.15, -0.1) is 21.5 Å². The average Bonchev–Trinajstić information content (AvgIpc) is 3.36. The van der Waals surface area contributed by atoms with Crippen LogP contribution in [-0.2, 0) is 11.8 Å². The molecule has 4 rings (SSSR count). The molecule has 0 radical (unpaired) electrons. The van der Waals surface area contributed by atoms with E-state index in [-0.39, 0.29) is 12.7 Å². The molecule has 3 aromatic rings. The van der Waals surface area contributed by atoms with Gasteiger partial charge in [0.1, 0.15) is 0 Å². The summed E-state index contributed by atoms with van der Waals surface area (Å²) in [5.74, 6) is 2.75. The Morgan fingerprint density at radius 1 is 1.31 bits per heavy atom. The van der Waals surface area contributed by atoms with E-state index in [2.05, 4.69) is 15.5 Å². The number of thiophene rings is 1. The van der Waals surface area contributed by atoms with Crippen molar-refractivity contribution >= 4 is 34.7 Å². The Hall–Kier alpha value is -2.52. The molecule has 0 bridgehead atoms. The summed E-state index contributed by atoms with van der Waals surface area (Å²) in [4.78, 5) is 13.2. The number of hydrogen-bond acceptors (Lipinski definition) is 7. The predicted octanol–water partition coefficient (Wildman–Crippen LogP) is 3.39. The quantitative estimate of drug-likeness (QED) is 0.652. The van der Waals surface area contributed by atoms with E-state index in [0.717, 1.165) is 15.9 Å². The molecule has 26 heavy (non-hydrogen) atoms. The molecule has 2 aromatic heterocycles. The van der Waals surface area contributed by atoms with Gasteiger partial charge in [0.15, 0.2) is 22.5 Å². The normalized spacial score (nSPS) is 12.3. The zero-order chi connectivity index (χ0) is 17.9. The molecule has 7 nitrogen and oxygen atoms in total. The predicted molar refractivity (Wildman–Crippen MR) is 101 cm³/mol. The smallest absolute Gasteiger partial charge is 0.231 e. The minimum absolute atomic E-state index is 0.0583. The summed E-state index contributed by atoms with van der Waals surface area (Å²) in [6, 6.07) is 9.36. The van der Waals surface area contributed by atoms with E-state index < -0.39 is 0 Å². The highest BCUT2D eigenvalue weighted by molar-refractivity contribution is 7.99. The molecular weight excluding hydrogens is 372 g/mol. The van der Waals surface area contributed by atoms with Gasteiger partial charge in [-0.05, 0) is 23.6 Å². The van der Waals surface area contributed by atoms with Crippen LogP contribution in [0.25, 0.3) is 10.7 Å². The van der Waals surface area contributed by atoms with Gasteiger partial charge in [-0.1, -0.05) is 17.8 Å². The number of thioether (sulfide) groups is 1. The number of fused-ring (bicyclic) bond motifs is 1. The van der Waals surface area contributed by atoms with Gasteiger partial charge < -0.3 is 19.4 Å². The van der Waals surface area contributed by atoms with Crippen LogP contribution >= 0.6 is 23.1 Å². The third-order valence-electron chi connectivity index (χ3n) is 3.79. The molecule has 134 valence electrons. The summed E-state index contributed by atoms with van der Waals surface area (Å²) in [7, 11) is 1.93. The molecule has 1 N–H and O–H groups in total. The summed E-state index contributed by atoms with van der Waals surface area (Å²) in [5.41, 5.74) is 0.697. The van der Waals surface area contributed by atoms with Crippen molar-refractivity contribution < 1.29 is 14.3 Å². The first-order valence-corrected chi connectivity index (χ1v) is 9.83. The molecule has 0 aliphatic carbocycles. The van der Waals surface area contributed by atoms with Crippen molar-refractivity contribution in [3.05, 3.63) is 35.7 Å². The third-order valence-corrected chi connectivity index (χ3v) is 5.68. The van der Waals surface area contributed by atoms with Crippen LogP contribution < -0.4 is 14.8 Å². The van der Waals surface area contributed by atoms with Gasteiger partial charge in [-0.25, -0.2) is 0 Å². The number of benzene rings is 1. The molecule has 1 amide bonds. The maximum absolute atomic E-state index is 12.1. The zero-order valence-corrected chi connectivity index (χ0v) is 15.6. The van der Waals surface area contributed by atoms with Crippen LogP contribution in [0.5, 0.6) is 11.5 Å². The van der Waals surface area contributed by atoms with Crippen molar-refractivity contribution in [2.75, 3.05) is 17.9 Å². The van der Waals surface area contributed by atoms with Crippen LogP contribution in [0.2, 0.25) is 0 Å². The minimum atomic E-state index is -0.0583. The second-order valence-electron chi connectivity index (χ2n) is 5.56. The van der Waals surface area contributed by atoms with Gasteiger partial charge in [-0.2, -0.15) is 0 Å². The van der Waals surface area contributed by atoms with Gasteiger partial charge in [0.05, 0.1) is 4.88 Å². The SMILES string of the molecule is Cn1c(SCCC(=O)Nc2ccc3c(c2)OCO3)nnc1-c1cccs1. The molecule has 1 aliphatic heterocycles. The van der Waals surface area contributed by atoms with Crippen LogP contribution in [0.4, 0.5) is 5.69 Å². The van der Waals surface area contributed by atoms with Gasteiger partial charge in [0.2, 0.25) is 12.7 Å². The van der Waals surface area contributed by atoms with Crippen molar-refractivity contribution in [3.8, 4) is 22.2 Å². The summed E-state index contributed by atoms with van der Waals surface area (Å²) < 4.78 is 12.5. The monoisotopic (exact) mass is 388 g/mol. The zero-order valence-electron chi connectivity index (χ0n) is 14.0. The number of ether oxygens (including phenoxy) is 2. The number of rotatable bonds is 6. The Bertz CT molecular complexity index is 924. The highest BCUT2D eigenvalue weighted by Gasteiger charge is 2.15. The van der Waals surface area contributed by atoms with E-state index in [1.807, 2.05) is 29.1 Å². The first-order valence-electron chi connectivity index (χ1n) is 7.96. The molecule has 1 aromatic carbocycles. The maximum atomic E-state index is 12.1. The first kappa shape index (κ1) is 16.9. The van der Waals surface area contributed by atoms with E-state index in [0.29, 0.717) is 29.4 Å². The van der Waals surface area contributed by atoms with Gasteiger partial charge in [0.25, 0.3) is 0 Å². The van der Waals surface area contributed by atoms with E-state index in [9.17, 15) is 4.79 Å². The molecule has 0 unspecified atom stereocenters. The second kappa shape index (κ2) is 7.38. The number of carbonyl (C=O) groups excluding carboxylic acids is 1. The number of nitrogens with zero attached hydrogens (tertiary/aromatic N) is 3. The summed E-state index contributed by atoms with van der Waals surface area (Å²) >= 11 is 3.14. The topological polar surface area (TPSA) is 78.3 Å². The molecule has 3 heterocycles. The van der Waals surface area contributed by atoms with Crippen LogP contribution in [-0.4, -0.2) is 33.2 Å². The molecule has 0 fully saturated rings. The fourth-order valence-electron chi connectivity index (χ4n) is 2.49. The lowest BCUT2D eigenvalue weighted by molar-refractivity contribution is -0.115. The molecular formula is C17H16N4O3S2. The molecule has 0 saturated carbocycles. The molecule has 0 saturated heterocycles. The second-order valence-corrected chi connectivity index (χ2v) is 7.57. The van der Waals surface area contributed by atoms with Gasteiger partial charge >= 0.3 is 0 Å². The van der Waals surface area contributed by atoms with Crippen LogP contribution in [0, 0.1) is 0 Å². The highest BCUT2D eigenvalue weighted by Crippen LogP contribution is 2.34. The Labute approximate surface area is 158 Å². The number of nitrogens with one attached hydrogen (secondary N) is 1. The molecule has 0 spiro atoms.